The van der Waals surface area contributed by atoms with Crippen molar-refractivity contribution in [1.29, 1.82) is 0 Å². The molecule has 0 saturated heterocycles. The summed E-state index contributed by atoms with van der Waals surface area (Å²) >= 11 is 0. The number of nitrogens with one attached hydrogen (secondary N) is 1. The lowest BCUT2D eigenvalue weighted by Gasteiger charge is -2.26. The van der Waals surface area contributed by atoms with Crippen LogP contribution in [0.5, 0.6) is 0 Å². The van der Waals surface area contributed by atoms with Gasteiger partial charge in [-0.3, -0.25) is 4.79 Å². The summed E-state index contributed by atoms with van der Waals surface area (Å²) in [6, 6.07) is 30.1. The maximum Gasteiger partial charge on any atom is 0.255 e. The molecule has 5 aromatic rings. The monoisotopic (exact) mass is 404 g/mol. The second-order valence-electron chi connectivity index (χ2n) is 7.83. The number of benzene rings is 3. The van der Waals surface area contributed by atoms with Crippen LogP contribution in [0.15, 0.2) is 102 Å². The van der Waals surface area contributed by atoms with E-state index in [1.807, 2.05) is 65.6 Å². The first-order valence-electron chi connectivity index (χ1n) is 10.4. The summed E-state index contributed by atoms with van der Waals surface area (Å²) in [6.07, 6.45) is 1.65. The number of fused-ring (bicyclic) bond motifs is 2. The Bertz CT molecular complexity index is 1380. The molecule has 4 nitrogen and oxygen atoms in total. The molecule has 0 fully saturated rings. The van der Waals surface area contributed by atoms with Crippen LogP contribution in [0.4, 0.5) is 0 Å². The number of rotatable bonds is 4. The molecule has 2 aromatic heterocycles. The van der Waals surface area contributed by atoms with E-state index < -0.39 is 0 Å². The van der Waals surface area contributed by atoms with Gasteiger partial charge in [-0.25, -0.2) is 0 Å². The fraction of sp³-hybridized carbons (Fsp3) is 0.0741. The predicted octanol–water partition coefficient (Wildman–Crippen LogP) is 6.17. The zero-order valence-electron chi connectivity index (χ0n) is 16.8. The van der Waals surface area contributed by atoms with Gasteiger partial charge in [0.25, 0.3) is 5.91 Å². The zero-order valence-corrected chi connectivity index (χ0v) is 16.8. The molecule has 0 saturated carbocycles. The van der Waals surface area contributed by atoms with Gasteiger partial charge >= 0.3 is 0 Å². The highest BCUT2D eigenvalue weighted by Crippen LogP contribution is 2.45. The maximum atomic E-state index is 13.5. The Morgan fingerprint density at radius 2 is 1.61 bits per heavy atom. The minimum Gasteiger partial charge on any atom is -0.467 e. The Hall–Kier alpha value is -4.05. The van der Waals surface area contributed by atoms with E-state index in [4.69, 9.17) is 4.42 Å². The highest BCUT2D eigenvalue weighted by molar-refractivity contribution is 6.02. The predicted molar refractivity (Wildman–Crippen MR) is 121 cm³/mol. The Morgan fingerprint density at radius 1 is 0.839 bits per heavy atom. The van der Waals surface area contributed by atoms with E-state index in [9.17, 15) is 4.79 Å². The molecule has 0 spiro atoms. The van der Waals surface area contributed by atoms with E-state index in [0.29, 0.717) is 6.54 Å². The Labute approximate surface area is 179 Å². The molecule has 0 radical (unpaired) electrons. The second kappa shape index (κ2) is 7.03. The van der Waals surface area contributed by atoms with E-state index in [0.717, 1.165) is 44.6 Å². The fourth-order valence-corrected chi connectivity index (χ4v) is 4.70. The highest BCUT2D eigenvalue weighted by Gasteiger charge is 2.40. The first-order valence-corrected chi connectivity index (χ1v) is 10.4. The van der Waals surface area contributed by atoms with Crippen molar-refractivity contribution in [3.05, 3.63) is 120 Å². The second-order valence-corrected chi connectivity index (χ2v) is 7.83. The number of carbonyl (C=O) groups is 1. The van der Waals surface area contributed by atoms with Crippen LogP contribution in [0.25, 0.3) is 22.2 Å². The average Bonchev–Trinajstić information content (AvgIpc) is 3.53. The number of hydrogen-bond donors (Lipinski definition) is 1. The number of aromatic amines is 1. The fourth-order valence-electron chi connectivity index (χ4n) is 4.70. The van der Waals surface area contributed by atoms with Crippen LogP contribution in [0.2, 0.25) is 0 Å². The summed E-state index contributed by atoms with van der Waals surface area (Å²) in [7, 11) is 0. The number of carbonyl (C=O) groups excluding carboxylic acids is 1. The first-order chi connectivity index (χ1) is 15.3. The molecule has 1 atom stereocenters. The van der Waals surface area contributed by atoms with Gasteiger partial charge in [0.15, 0.2) is 0 Å². The molecule has 6 rings (SSSR count). The van der Waals surface area contributed by atoms with Crippen LogP contribution in [-0.2, 0) is 6.54 Å². The minimum absolute atomic E-state index is 0.0290. The molecule has 3 aromatic carbocycles. The molecule has 1 unspecified atom stereocenters. The van der Waals surface area contributed by atoms with E-state index in [-0.39, 0.29) is 11.9 Å². The number of H-pyrrole nitrogens is 1. The smallest absolute Gasteiger partial charge is 0.255 e. The largest absolute Gasteiger partial charge is 0.467 e. The molecule has 1 N–H and O–H groups in total. The number of nitrogens with zero attached hydrogens (tertiary/aromatic N) is 1. The van der Waals surface area contributed by atoms with E-state index >= 15 is 0 Å². The van der Waals surface area contributed by atoms with Gasteiger partial charge in [-0.15, -0.1) is 0 Å². The Balaban J connectivity index is 1.62. The Morgan fingerprint density at radius 3 is 2.45 bits per heavy atom. The van der Waals surface area contributed by atoms with Crippen molar-refractivity contribution in [1.82, 2.24) is 9.88 Å². The molecular weight excluding hydrogens is 384 g/mol. The summed E-state index contributed by atoms with van der Waals surface area (Å²) in [5, 5.41) is 1.13. The van der Waals surface area contributed by atoms with Crippen LogP contribution in [0.1, 0.15) is 33.3 Å². The first kappa shape index (κ1) is 17.8. The summed E-state index contributed by atoms with van der Waals surface area (Å²) < 4.78 is 5.61. The van der Waals surface area contributed by atoms with Gasteiger partial charge in [-0.1, -0.05) is 66.7 Å². The van der Waals surface area contributed by atoms with Gasteiger partial charge in [-0.05, 0) is 35.4 Å². The summed E-state index contributed by atoms with van der Waals surface area (Å²) in [5.74, 6) is 0.800. The van der Waals surface area contributed by atoms with Crippen molar-refractivity contribution in [3.8, 4) is 11.3 Å². The molecule has 31 heavy (non-hydrogen) atoms. The molecule has 1 amide bonds. The van der Waals surface area contributed by atoms with Gasteiger partial charge in [0, 0.05) is 22.0 Å². The number of hydrogen-bond acceptors (Lipinski definition) is 2. The van der Waals surface area contributed by atoms with Crippen LogP contribution >= 0.6 is 0 Å². The van der Waals surface area contributed by atoms with Gasteiger partial charge < -0.3 is 14.3 Å². The molecule has 0 bridgehead atoms. The standard InChI is InChI=1S/C27H20N2O2/c30-27-21-13-5-4-12-20(21)26(29(27)17-19-11-8-16-31-19)24-22-14-6-7-15-23(22)28-25(24)18-9-2-1-3-10-18/h1-16,26,28H,17H2. The summed E-state index contributed by atoms with van der Waals surface area (Å²) in [5.41, 5.74) is 6.10. The van der Waals surface area contributed by atoms with Crippen LogP contribution in [0.3, 0.4) is 0 Å². The minimum atomic E-state index is -0.208. The molecular formula is C27H20N2O2. The summed E-state index contributed by atoms with van der Waals surface area (Å²) in [4.78, 5) is 19.0. The molecule has 3 heterocycles. The van der Waals surface area contributed by atoms with Crippen molar-refractivity contribution in [3.63, 3.8) is 0 Å². The molecule has 150 valence electrons. The van der Waals surface area contributed by atoms with Gasteiger partial charge in [0.1, 0.15) is 5.76 Å². The van der Waals surface area contributed by atoms with Gasteiger partial charge in [-0.2, -0.15) is 0 Å². The third kappa shape index (κ3) is 2.80. The van der Waals surface area contributed by atoms with Gasteiger partial charge in [0.2, 0.25) is 0 Å². The van der Waals surface area contributed by atoms with Gasteiger partial charge in [0.05, 0.1) is 24.5 Å². The third-order valence-corrected chi connectivity index (χ3v) is 6.05. The third-order valence-electron chi connectivity index (χ3n) is 6.05. The molecule has 1 aliphatic heterocycles. The Kier molecular flexibility index (Phi) is 4.03. The molecule has 0 aliphatic carbocycles. The normalized spacial score (nSPS) is 15.5. The van der Waals surface area contributed by atoms with Crippen LogP contribution in [-0.4, -0.2) is 15.8 Å². The highest BCUT2D eigenvalue weighted by atomic mass is 16.3. The number of aromatic nitrogens is 1. The summed E-state index contributed by atoms with van der Waals surface area (Å²) in [6.45, 7) is 0.416. The van der Waals surface area contributed by atoms with Crippen molar-refractivity contribution < 1.29 is 9.21 Å². The van der Waals surface area contributed by atoms with E-state index in [1.165, 1.54) is 0 Å². The van der Waals surface area contributed by atoms with Crippen molar-refractivity contribution in [2.24, 2.45) is 0 Å². The van der Waals surface area contributed by atoms with Crippen LogP contribution in [0, 0.1) is 0 Å². The lowest BCUT2D eigenvalue weighted by atomic mass is 9.93. The molecule has 1 aliphatic rings. The quantitative estimate of drug-likeness (QED) is 0.389. The van der Waals surface area contributed by atoms with Crippen molar-refractivity contribution in [2.75, 3.05) is 0 Å². The van der Waals surface area contributed by atoms with Crippen LogP contribution < -0.4 is 0 Å². The SMILES string of the molecule is O=C1c2ccccc2C(c2c(-c3ccccc3)[nH]c3ccccc23)N1Cc1ccco1. The number of furan rings is 1. The lowest BCUT2D eigenvalue weighted by molar-refractivity contribution is 0.0724. The maximum absolute atomic E-state index is 13.5. The average molecular weight is 404 g/mol. The number of amides is 1. The topological polar surface area (TPSA) is 49.2 Å². The van der Waals surface area contributed by atoms with Crippen molar-refractivity contribution >= 4 is 16.8 Å². The van der Waals surface area contributed by atoms with E-state index in [2.05, 4.69) is 35.3 Å². The lowest BCUT2D eigenvalue weighted by Crippen LogP contribution is -2.28. The zero-order chi connectivity index (χ0) is 20.8. The van der Waals surface area contributed by atoms with Crippen molar-refractivity contribution in [2.45, 2.75) is 12.6 Å². The molecule has 4 heteroatoms. The number of para-hydroxylation sites is 1. The van der Waals surface area contributed by atoms with E-state index in [1.54, 1.807) is 6.26 Å².